The second kappa shape index (κ2) is 10.2. The highest BCUT2D eigenvalue weighted by molar-refractivity contribution is 6.18. The summed E-state index contributed by atoms with van der Waals surface area (Å²) in [6.07, 6.45) is 0. The van der Waals surface area contributed by atoms with Crippen LogP contribution in [0, 0.1) is 6.92 Å². The molecule has 1 aliphatic heterocycles. The zero-order valence-corrected chi connectivity index (χ0v) is 23.5. The molecule has 3 heterocycles. The molecule has 4 aromatic carbocycles. The van der Waals surface area contributed by atoms with E-state index in [2.05, 4.69) is 0 Å². The van der Waals surface area contributed by atoms with Gasteiger partial charge >= 0.3 is 0 Å². The van der Waals surface area contributed by atoms with E-state index in [0.717, 1.165) is 50.6 Å². The number of aryl methyl sites for hydroxylation is 1. The van der Waals surface area contributed by atoms with E-state index >= 15 is 0 Å². The fourth-order valence-electron chi connectivity index (χ4n) is 5.87. The minimum atomic E-state index is -0.424. The van der Waals surface area contributed by atoms with Crippen LogP contribution in [0.15, 0.2) is 109 Å². The van der Waals surface area contributed by atoms with Gasteiger partial charge in [0.15, 0.2) is 5.65 Å². The number of methoxy groups -OCH3 is 2. The molecule has 7 nitrogen and oxygen atoms in total. The van der Waals surface area contributed by atoms with E-state index in [1.54, 1.807) is 14.2 Å². The second-order valence-electron chi connectivity index (χ2n) is 10.2. The minimum Gasteiger partial charge on any atom is -0.497 e. The van der Waals surface area contributed by atoms with Gasteiger partial charge in [0.2, 0.25) is 0 Å². The summed E-state index contributed by atoms with van der Waals surface area (Å²) in [6.45, 7) is 1.98. The summed E-state index contributed by atoms with van der Waals surface area (Å²) < 4.78 is 12.8. The van der Waals surface area contributed by atoms with Crippen molar-refractivity contribution in [2.24, 2.45) is 0 Å². The number of anilines is 1. The summed E-state index contributed by atoms with van der Waals surface area (Å²) in [6, 6.07) is 34.9. The lowest BCUT2D eigenvalue weighted by Crippen LogP contribution is -2.28. The molecular weight excluding hydrogens is 524 g/mol. The van der Waals surface area contributed by atoms with E-state index < -0.39 is 6.04 Å². The van der Waals surface area contributed by atoms with Gasteiger partial charge in [-0.25, -0.2) is 9.67 Å². The van der Waals surface area contributed by atoms with Gasteiger partial charge in [0.05, 0.1) is 42.9 Å². The van der Waals surface area contributed by atoms with Crippen LogP contribution in [-0.4, -0.2) is 34.9 Å². The Morgan fingerprint density at radius 1 is 0.714 bits per heavy atom. The Hall–Kier alpha value is -5.43. The zero-order chi connectivity index (χ0) is 28.8. The molecule has 0 fully saturated rings. The van der Waals surface area contributed by atoms with Crippen LogP contribution in [0.25, 0.3) is 28.0 Å². The summed E-state index contributed by atoms with van der Waals surface area (Å²) in [4.78, 5) is 21.7. The molecule has 0 saturated carbocycles. The monoisotopic (exact) mass is 552 g/mol. The molecule has 0 N–H and O–H groups in total. The fourth-order valence-corrected chi connectivity index (χ4v) is 5.87. The number of ether oxygens (including phenoxy) is 2. The van der Waals surface area contributed by atoms with Crippen LogP contribution in [0.5, 0.6) is 11.5 Å². The molecule has 0 spiro atoms. The predicted octanol–water partition coefficient (Wildman–Crippen LogP) is 7.16. The van der Waals surface area contributed by atoms with E-state index in [-0.39, 0.29) is 5.91 Å². The number of hydrogen-bond donors (Lipinski definition) is 0. The smallest absolute Gasteiger partial charge is 0.261 e. The molecule has 7 heteroatoms. The number of carbonyl (C=O) groups is 1. The van der Waals surface area contributed by atoms with Crippen LogP contribution in [0.3, 0.4) is 0 Å². The fraction of sp³-hybridized carbons (Fsp3) is 0.114. The maximum absolute atomic E-state index is 14.7. The molecule has 42 heavy (non-hydrogen) atoms. The molecule has 206 valence electrons. The first kappa shape index (κ1) is 25.5. The van der Waals surface area contributed by atoms with Crippen molar-refractivity contribution in [1.29, 1.82) is 0 Å². The van der Waals surface area contributed by atoms with Gasteiger partial charge in [-0.05, 0) is 61.0 Å². The Labute approximate surface area is 243 Å². The van der Waals surface area contributed by atoms with Gasteiger partial charge in [0, 0.05) is 22.2 Å². The van der Waals surface area contributed by atoms with Gasteiger partial charge in [-0.3, -0.25) is 9.69 Å². The van der Waals surface area contributed by atoms with E-state index in [9.17, 15) is 4.79 Å². The first-order valence-electron chi connectivity index (χ1n) is 13.7. The number of nitrogens with zero attached hydrogens (tertiary/aromatic N) is 4. The average Bonchev–Trinajstić information content (AvgIpc) is 3.55. The summed E-state index contributed by atoms with van der Waals surface area (Å²) >= 11 is 0. The normalized spacial score (nSPS) is 14.3. The Kier molecular flexibility index (Phi) is 6.20. The van der Waals surface area contributed by atoms with Gasteiger partial charge in [0.1, 0.15) is 11.5 Å². The quantitative estimate of drug-likeness (QED) is 0.219. The molecule has 1 unspecified atom stereocenters. The van der Waals surface area contributed by atoms with Crippen molar-refractivity contribution in [2.45, 2.75) is 13.0 Å². The van der Waals surface area contributed by atoms with Gasteiger partial charge in [0.25, 0.3) is 5.91 Å². The molecule has 1 amide bonds. The molecule has 2 aromatic heterocycles. The Balaban J connectivity index is 1.58. The number of hydrogen-bond acceptors (Lipinski definition) is 5. The summed E-state index contributed by atoms with van der Waals surface area (Å²) in [5.41, 5.74) is 7.11. The first-order valence-corrected chi connectivity index (χ1v) is 13.7. The highest BCUT2D eigenvalue weighted by atomic mass is 16.5. The van der Waals surface area contributed by atoms with Crippen molar-refractivity contribution in [3.63, 3.8) is 0 Å². The lowest BCUT2D eigenvalue weighted by Gasteiger charge is -2.26. The van der Waals surface area contributed by atoms with E-state index in [4.69, 9.17) is 19.6 Å². The number of para-hydroxylation sites is 1. The Morgan fingerprint density at radius 3 is 1.93 bits per heavy atom. The summed E-state index contributed by atoms with van der Waals surface area (Å²) in [7, 11) is 3.28. The average molecular weight is 553 g/mol. The topological polar surface area (TPSA) is 69.5 Å². The third kappa shape index (κ3) is 4.01. The lowest BCUT2D eigenvalue weighted by molar-refractivity contribution is 0.0994. The number of aromatic nitrogens is 3. The standard InChI is InChI=1S/C35H28N4O3/c1-22-29-30-31(32(23-10-6-4-7-11-23)36-34(29)39(37-22)26-12-8-5-9-13-26)35(40)38(25-16-20-28(42-3)21-17-25)33(30)24-14-18-27(41-2)19-15-24/h4-21,33H,1-3H3. The largest absolute Gasteiger partial charge is 0.497 e. The lowest BCUT2D eigenvalue weighted by atomic mass is 9.92. The van der Waals surface area contributed by atoms with Crippen molar-refractivity contribution in [1.82, 2.24) is 14.8 Å². The van der Waals surface area contributed by atoms with E-state index in [1.807, 2.05) is 126 Å². The van der Waals surface area contributed by atoms with E-state index in [1.165, 1.54) is 0 Å². The molecule has 0 aliphatic carbocycles. The number of rotatable bonds is 6. The molecule has 0 radical (unpaired) electrons. The number of benzene rings is 4. The van der Waals surface area contributed by atoms with Crippen molar-refractivity contribution in [2.75, 3.05) is 19.1 Å². The maximum Gasteiger partial charge on any atom is 0.261 e. The number of amides is 1. The van der Waals surface area contributed by atoms with Gasteiger partial charge in [-0.1, -0.05) is 60.7 Å². The van der Waals surface area contributed by atoms with Crippen molar-refractivity contribution in [3.8, 4) is 28.4 Å². The molecule has 1 atom stereocenters. The highest BCUT2D eigenvalue weighted by Gasteiger charge is 2.44. The Morgan fingerprint density at radius 2 is 1.31 bits per heavy atom. The molecule has 7 rings (SSSR count). The van der Waals surface area contributed by atoms with Crippen LogP contribution in [0.1, 0.15) is 33.2 Å². The third-order valence-electron chi connectivity index (χ3n) is 7.82. The van der Waals surface area contributed by atoms with Crippen molar-refractivity contribution < 1.29 is 14.3 Å². The Bertz CT molecular complexity index is 1920. The molecule has 0 bridgehead atoms. The minimum absolute atomic E-state index is 0.115. The highest BCUT2D eigenvalue weighted by Crippen LogP contribution is 2.48. The van der Waals surface area contributed by atoms with Crippen LogP contribution in [0.2, 0.25) is 0 Å². The molecule has 6 aromatic rings. The van der Waals surface area contributed by atoms with Crippen molar-refractivity contribution >= 4 is 22.6 Å². The van der Waals surface area contributed by atoms with Crippen molar-refractivity contribution in [3.05, 3.63) is 132 Å². The summed E-state index contributed by atoms with van der Waals surface area (Å²) in [5, 5.41) is 5.83. The molecule has 0 saturated heterocycles. The van der Waals surface area contributed by atoms with Gasteiger partial charge < -0.3 is 9.47 Å². The van der Waals surface area contributed by atoms with E-state index in [0.29, 0.717) is 16.9 Å². The number of pyridine rings is 1. The van der Waals surface area contributed by atoms with Crippen LogP contribution < -0.4 is 14.4 Å². The molecular formula is C35H28N4O3. The van der Waals surface area contributed by atoms with Crippen LogP contribution in [0.4, 0.5) is 5.69 Å². The number of fused-ring (bicyclic) bond motifs is 3. The second-order valence-corrected chi connectivity index (χ2v) is 10.2. The maximum atomic E-state index is 14.7. The van der Waals surface area contributed by atoms with Crippen LogP contribution >= 0.6 is 0 Å². The van der Waals surface area contributed by atoms with Crippen LogP contribution in [-0.2, 0) is 0 Å². The van der Waals surface area contributed by atoms with Gasteiger partial charge in [-0.2, -0.15) is 5.10 Å². The predicted molar refractivity (Wildman–Crippen MR) is 164 cm³/mol. The third-order valence-corrected chi connectivity index (χ3v) is 7.82. The number of carbonyl (C=O) groups excluding carboxylic acids is 1. The molecule has 1 aliphatic rings. The SMILES string of the molecule is COc1ccc(C2c3c(c(-c4ccccc4)nc4c3c(C)nn4-c3ccccc3)C(=O)N2c2ccc(OC)cc2)cc1. The zero-order valence-electron chi connectivity index (χ0n) is 23.5. The first-order chi connectivity index (χ1) is 20.6. The summed E-state index contributed by atoms with van der Waals surface area (Å²) in [5.74, 6) is 1.35. The van der Waals surface area contributed by atoms with Gasteiger partial charge in [-0.15, -0.1) is 0 Å².